The molecule has 8 N–H and O–H groups in total. The molecule has 1 saturated carbocycles. The van der Waals surface area contributed by atoms with Gasteiger partial charge in [0.1, 0.15) is 88.3 Å². The Morgan fingerprint density at radius 2 is 1.40 bits per heavy atom. The van der Waals surface area contributed by atoms with Gasteiger partial charge >= 0.3 is 18.0 Å². The molecule has 488 valence electrons. The van der Waals surface area contributed by atoms with Crippen molar-refractivity contribution in [3.8, 4) is 43.4 Å². The number of aliphatic hydroxyl groups is 1. The Bertz CT molecular complexity index is 4040. The van der Waals surface area contributed by atoms with E-state index in [2.05, 4.69) is 26.6 Å². The zero-order chi connectivity index (χ0) is 66.0. The Kier molecular flexibility index (Phi) is 22.2. The number of pyridine rings is 1. The molecule has 4 atom stereocenters. The van der Waals surface area contributed by atoms with Gasteiger partial charge in [-0.1, -0.05) is 50.6 Å². The number of ether oxygens (including phenoxy) is 2. The zero-order valence-corrected chi connectivity index (χ0v) is 55.7. The number of nitrogens with one attached hydrogen (secondary N) is 5. The topological polar surface area (TPSA) is 369 Å². The summed E-state index contributed by atoms with van der Waals surface area (Å²) in [4.78, 5) is 143. The fourth-order valence-electron chi connectivity index (χ4n) is 10.4. The summed E-state index contributed by atoms with van der Waals surface area (Å²) >= 11 is 7.04. The second kappa shape index (κ2) is 30.6. The van der Waals surface area contributed by atoms with E-state index in [1.807, 2.05) is 13.8 Å². The molecule has 2 aliphatic rings. The monoisotopic (exact) mass is 1380 g/mol. The standard InChI is InChI=1S/C61H65N13O13S6/c1-29(2)45-59-73-48(40(93-59)24-86-5)52(81)63-23-43(76)70-49(50(79)31-12-8-6-9-13-31)58-68-39(27-90-58)56-66-37(25-89-56)47-34(54-67-38(26-88-54)51(80)65-36(22-42(75)62-4)57-72-46(30(3)92-57)53(82)71-45)19-20-35(64-47)55-69-41(28-91-55)74(21-11-7-10-14-44(77)78)61(85)87-33-17-15-32(16-18-33)60(83)84/h6,8-9,12-13,19-20,25-29,32-33,36,45,49-50,79H,7,10-11,14-18,21-24H2,1-5H3,(H,62,75)(H,63,81)(H,65,80)(H,70,76)(H,71,82)(H,77,78)(H,83,84)/t32-,33-,36-,45-,49-,50-/m0/s1. The number of benzene rings is 1. The second-order valence-electron chi connectivity index (χ2n) is 22.2. The van der Waals surface area contributed by atoms with E-state index in [9.17, 15) is 53.7 Å². The highest BCUT2D eigenvalue weighted by Gasteiger charge is 2.35. The average Bonchev–Trinajstić information content (AvgIpc) is 1.75. The lowest BCUT2D eigenvalue weighted by Crippen LogP contribution is -2.40. The van der Waals surface area contributed by atoms with Crippen molar-refractivity contribution < 1.29 is 63.1 Å². The molecule has 10 rings (SSSR count). The number of aliphatic hydroxyl groups excluding tert-OH is 1. The first-order chi connectivity index (χ1) is 44.7. The summed E-state index contributed by atoms with van der Waals surface area (Å²) in [5.74, 6) is -5.33. The van der Waals surface area contributed by atoms with Crippen LogP contribution in [-0.2, 0) is 35.3 Å². The molecule has 93 heavy (non-hydrogen) atoms. The van der Waals surface area contributed by atoms with E-state index < -0.39 is 90.4 Å². The first kappa shape index (κ1) is 67.5. The van der Waals surface area contributed by atoms with Crippen molar-refractivity contribution in [2.45, 2.75) is 115 Å². The van der Waals surface area contributed by atoms with Gasteiger partial charge in [-0.25, -0.2) is 39.7 Å². The third kappa shape index (κ3) is 16.3. The Labute approximate surface area is 556 Å². The van der Waals surface area contributed by atoms with Crippen molar-refractivity contribution in [2.75, 3.05) is 32.1 Å². The van der Waals surface area contributed by atoms with E-state index in [-0.39, 0.29) is 59.8 Å². The Hall–Kier alpha value is -8.37. The van der Waals surface area contributed by atoms with Crippen molar-refractivity contribution >= 4 is 121 Å². The van der Waals surface area contributed by atoms with Gasteiger partial charge < -0.3 is 51.4 Å². The van der Waals surface area contributed by atoms with Crippen molar-refractivity contribution in [1.82, 2.24) is 61.5 Å². The van der Waals surface area contributed by atoms with Gasteiger partial charge in [0, 0.05) is 59.1 Å². The third-order valence-electron chi connectivity index (χ3n) is 15.3. The number of rotatable bonds is 17. The smallest absolute Gasteiger partial charge is 0.415 e. The van der Waals surface area contributed by atoms with Gasteiger partial charge in [-0.05, 0) is 69.1 Å². The van der Waals surface area contributed by atoms with Crippen molar-refractivity contribution in [3.05, 3.63) is 111 Å². The van der Waals surface area contributed by atoms with Crippen LogP contribution in [-0.4, -0.2) is 131 Å². The molecule has 1 fully saturated rings. The number of aryl methyl sites for hydroxylation is 1. The van der Waals surface area contributed by atoms with Crippen molar-refractivity contribution in [2.24, 2.45) is 11.8 Å². The largest absolute Gasteiger partial charge is 0.481 e. The normalized spacial score (nSPS) is 18.3. The fourth-order valence-corrected chi connectivity index (χ4v) is 15.9. The second-order valence-corrected chi connectivity index (χ2v) is 28.0. The molecule has 1 aliphatic carbocycles. The number of carboxylic acids is 2. The number of anilines is 1. The van der Waals surface area contributed by atoms with Crippen LogP contribution in [0.2, 0.25) is 0 Å². The molecule has 8 heterocycles. The van der Waals surface area contributed by atoms with Gasteiger partial charge in [0.15, 0.2) is 0 Å². The number of unbranched alkanes of at least 4 members (excludes halogenated alkanes) is 2. The molecular weight excluding hydrogens is 1320 g/mol. The van der Waals surface area contributed by atoms with E-state index in [0.29, 0.717) is 114 Å². The zero-order valence-electron chi connectivity index (χ0n) is 50.8. The summed E-state index contributed by atoms with van der Waals surface area (Å²) in [5, 5.41) is 53.8. The van der Waals surface area contributed by atoms with Gasteiger partial charge in [0.25, 0.3) is 17.7 Å². The number of hydrogen-bond donors (Lipinski definition) is 8. The lowest BCUT2D eigenvalue weighted by Gasteiger charge is -2.28. The van der Waals surface area contributed by atoms with Crippen molar-refractivity contribution in [1.29, 1.82) is 0 Å². The number of fused-ring (bicyclic) bond motifs is 14. The molecule has 1 aliphatic heterocycles. The minimum absolute atomic E-state index is 0.00556. The highest BCUT2D eigenvalue weighted by Crippen LogP contribution is 2.41. The molecule has 0 unspecified atom stereocenters. The van der Waals surface area contributed by atoms with Crippen LogP contribution in [0.25, 0.3) is 43.4 Å². The van der Waals surface area contributed by atoms with Gasteiger partial charge in [-0.2, -0.15) is 0 Å². The van der Waals surface area contributed by atoms with Crippen LogP contribution in [0.3, 0.4) is 0 Å². The number of methoxy groups -OCH3 is 1. The van der Waals surface area contributed by atoms with E-state index in [1.165, 1.54) is 53.1 Å². The molecule has 0 radical (unpaired) electrons. The molecular formula is C61H65N13O13S6. The molecule has 1 aromatic carbocycles. The summed E-state index contributed by atoms with van der Waals surface area (Å²) < 4.78 is 11.4. The molecule has 26 nitrogen and oxygen atoms in total. The predicted octanol–water partition coefficient (Wildman–Crippen LogP) is 9.54. The highest BCUT2D eigenvalue weighted by atomic mass is 32.1. The number of carboxylic acid groups (broad SMARTS) is 2. The molecule has 0 saturated heterocycles. The van der Waals surface area contributed by atoms with Crippen LogP contribution in [0.1, 0.15) is 158 Å². The van der Waals surface area contributed by atoms with Crippen LogP contribution >= 0.6 is 68.0 Å². The third-order valence-corrected chi connectivity index (χ3v) is 21.0. The number of amides is 6. The molecule has 32 heteroatoms. The SMILES string of the molecule is CNC(=O)C[C@@H]1NC(=O)c2csc(n2)-c2ccc(-c3nc(N(CCCCCC(=O)O)C(=O)O[C@H]4CC[C@H](C(=O)O)CC4)cs3)nc2-c2csc(n2)-c2csc(n2)[C@H]([C@@H](O)c2ccccc2)NC(=O)CNC(=O)c2nc(sc2COC)[C@H](C(C)C)NC(=O)c2nc1sc2C. The Morgan fingerprint density at radius 1 is 0.688 bits per heavy atom. The first-order valence-electron chi connectivity index (χ1n) is 29.6. The van der Waals surface area contributed by atoms with Gasteiger partial charge in [-0.15, -0.1) is 68.0 Å². The first-order valence-corrected chi connectivity index (χ1v) is 34.8. The maximum Gasteiger partial charge on any atom is 0.415 e. The quantitative estimate of drug-likeness (QED) is 0.0393. The number of nitrogens with zero attached hydrogens (tertiary/aromatic N) is 8. The predicted molar refractivity (Wildman–Crippen MR) is 350 cm³/mol. The highest BCUT2D eigenvalue weighted by molar-refractivity contribution is 7.15. The maximum absolute atomic E-state index is 14.4. The lowest BCUT2D eigenvalue weighted by atomic mass is 9.87. The average molecular weight is 1380 g/mol. The number of aromatic nitrogens is 7. The molecule has 6 amide bonds. The molecule has 10 bridgehead atoms. The van der Waals surface area contributed by atoms with E-state index >= 15 is 0 Å². The molecule has 7 aromatic heterocycles. The number of hydrogen-bond acceptors (Lipinski definition) is 24. The van der Waals surface area contributed by atoms with Crippen LogP contribution in [0.15, 0.2) is 64.0 Å². The van der Waals surface area contributed by atoms with Crippen LogP contribution < -0.4 is 31.5 Å². The Balaban J connectivity index is 1.03. The summed E-state index contributed by atoms with van der Waals surface area (Å²) in [5.41, 5.74) is 2.41. The summed E-state index contributed by atoms with van der Waals surface area (Å²) in [7, 11) is 2.92. The number of carbonyl (C=O) groups is 8. The minimum atomic E-state index is -1.31. The van der Waals surface area contributed by atoms with Crippen LogP contribution in [0, 0.1) is 18.8 Å². The van der Waals surface area contributed by atoms with E-state index in [4.69, 9.17) is 44.4 Å². The number of thiazole rings is 6. The van der Waals surface area contributed by atoms with E-state index in [0.717, 1.165) is 34.0 Å². The van der Waals surface area contributed by atoms with Gasteiger partial charge in [0.05, 0.1) is 48.1 Å². The fraction of sp³-hybridized carbons (Fsp3) is 0.393. The number of carbonyl (C=O) groups excluding carboxylic acids is 6. The summed E-state index contributed by atoms with van der Waals surface area (Å²) in [6.07, 6.45) is 0.0259. The maximum atomic E-state index is 14.4. The van der Waals surface area contributed by atoms with E-state index in [1.54, 1.807) is 70.9 Å². The van der Waals surface area contributed by atoms with Gasteiger partial charge in [-0.3, -0.25) is 38.5 Å². The molecule has 0 spiro atoms. The molecule has 8 aromatic rings. The Morgan fingerprint density at radius 3 is 2.13 bits per heavy atom. The summed E-state index contributed by atoms with van der Waals surface area (Å²) in [6, 6.07) is 9.31. The van der Waals surface area contributed by atoms with Crippen LogP contribution in [0.4, 0.5) is 10.6 Å². The number of aliphatic carboxylic acids is 2. The van der Waals surface area contributed by atoms with Crippen LogP contribution in [0.5, 0.6) is 0 Å². The van der Waals surface area contributed by atoms with Crippen molar-refractivity contribution in [3.63, 3.8) is 0 Å². The van der Waals surface area contributed by atoms with Gasteiger partial charge in [0.2, 0.25) is 11.8 Å². The summed E-state index contributed by atoms with van der Waals surface area (Å²) in [6.45, 7) is 5.05. The lowest BCUT2D eigenvalue weighted by molar-refractivity contribution is -0.143. The minimum Gasteiger partial charge on any atom is -0.481 e.